The first-order chi connectivity index (χ1) is 68.4. The summed E-state index contributed by atoms with van der Waals surface area (Å²) in [5.74, 6) is -0.863. The number of anilines is 5. The zero-order valence-electron chi connectivity index (χ0n) is 81.7. The van der Waals surface area contributed by atoms with Crippen molar-refractivity contribution in [1.29, 1.82) is 0 Å². The molecule has 18 rings (SSSR count). The van der Waals surface area contributed by atoms with E-state index in [9.17, 15) is 33.9 Å². The van der Waals surface area contributed by atoms with Gasteiger partial charge in [0.1, 0.15) is 11.8 Å². The molecule has 17 N–H and O–H groups in total. The Morgan fingerprint density at radius 3 is 1.49 bits per heavy atom. The average molecular weight is 1910 g/mol. The molecule has 5 heterocycles. The van der Waals surface area contributed by atoms with Crippen LogP contribution in [0.3, 0.4) is 0 Å². The van der Waals surface area contributed by atoms with E-state index < -0.39 is 6.04 Å². The fraction of sp³-hybridized carbons (Fsp3) is 0.210. The molecule has 142 heavy (non-hydrogen) atoms. The summed E-state index contributed by atoms with van der Waals surface area (Å²) in [6, 6.07) is 104. The predicted octanol–water partition coefficient (Wildman–Crippen LogP) is 23.6. The van der Waals surface area contributed by atoms with Crippen LogP contribution in [0.1, 0.15) is 154 Å². The lowest BCUT2D eigenvalue weighted by Crippen LogP contribution is -2.40. The zero-order chi connectivity index (χ0) is 101. The molecular weight excluding hydrogens is 1780 g/mol. The minimum absolute atomic E-state index is 0.00454. The molecule has 2 saturated heterocycles. The van der Waals surface area contributed by atoms with Gasteiger partial charge in [-0.05, 0) is 204 Å². The number of aryl methyl sites for hydroxylation is 1. The number of phenolic OH excluding ortho intramolecular Hbond substituents is 1. The monoisotopic (exact) mass is 1910 g/mol. The number of para-hydroxylation sites is 4. The van der Waals surface area contributed by atoms with Crippen molar-refractivity contribution in [2.75, 3.05) is 40.1 Å². The highest BCUT2D eigenvalue weighted by molar-refractivity contribution is 7.22. The number of thiophene rings is 1. The second kappa shape index (κ2) is 47.0. The van der Waals surface area contributed by atoms with Crippen LogP contribution in [0.5, 0.6) is 5.75 Å². The lowest BCUT2D eigenvalue weighted by molar-refractivity contribution is -0.123. The molecule has 2 unspecified atom stereocenters. The molecule has 0 spiro atoms. The Labute approximate surface area is 835 Å². The number of nitrogen functional groups attached to an aromatic ring is 3. The number of hydrogen-bond acceptors (Lipinski definition) is 15. The summed E-state index contributed by atoms with van der Waals surface area (Å²) >= 11 is 1.80. The number of nitrogens with zero attached hydrogens (tertiary/aromatic N) is 4. The van der Waals surface area contributed by atoms with E-state index in [1.807, 2.05) is 219 Å². The number of carbonyl (C=O) groups excluding carboxylic acids is 6. The Morgan fingerprint density at radius 2 is 0.951 bits per heavy atom. The van der Waals surface area contributed by atoms with Gasteiger partial charge in [0.05, 0.1) is 62.7 Å². The Morgan fingerprint density at radius 1 is 0.472 bits per heavy atom. The third-order valence-corrected chi connectivity index (χ3v) is 26.3. The highest BCUT2D eigenvalue weighted by Gasteiger charge is 2.37. The van der Waals surface area contributed by atoms with Crippen LogP contribution in [-0.4, -0.2) is 82.0 Å². The van der Waals surface area contributed by atoms with Crippen molar-refractivity contribution < 1.29 is 33.9 Å². The number of benzene rings is 13. The van der Waals surface area contributed by atoms with Gasteiger partial charge < -0.3 is 65.7 Å². The molecule has 23 heteroatoms. The standard InChI is InChI=1S/C31H26N4O2.C27H26N4O2.C26H25N3OS.C21H25N3O.C14H23NO/c32-26-17-9-7-15-23(26)20-33-31(37)29(22-13-5-2-6-14-22)35-30(36)25-19-28(21-11-3-1-4-12-21)34-27-18-10-8-16-24(25)27;1-18(15-26(32)29-17-20-11-5-7-13-23(20)28)30-27(33)22-16-25(19-9-3-2-4-10-19)31-24-14-8-6-12-21(22)24;1-17-22(11-6-7-15-27)28-26(30)29(17)23-14-13-21(19-9-3-4-10-20(19)23)25-16-18-8-2-5-12-24(18)31-25;1-15-7-3-4-8-19(15)17-10-12-18(13-11-17)24-16(2)20(23-21(24)25)9-5-6-14-22;1-13(2,3)9-7-10(14(4,5)6)12(16)11(15)8-9/h1-19,29H,20,32H2,(H,33,37)(H,35,36);2-14,16,18H,15,17,28H2,1H3,(H,29,32)(H,30,33);2-5,8-10,12-14,16,22H,1,6-7,11,15,27H2,(H,28,30);3-4,7-8,10-13,20H,2,5-6,9,14,22H2,1H3,(H,23,25);7-8,16H,15H2,1-6H3/t;;22-;20-;/m..00./s1. The van der Waals surface area contributed by atoms with Crippen molar-refractivity contribution in [2.45, 2.75) is 148 Å². The summed E-state index contributed by atoms with van der Waals surface area (Å²) < 4.78 is 1.28. The topological polar surface area (TPSA) is 357 Å². The number of phenols is 1. The second-order valence-corrected chi connectivity index (χ2v) is 38.6. The molecule has 0 saturated carbocycles. The van der Waals surface area contributed by atoms with Gasteiger partial charge in [-0.15, -0.1) is 11.3 Å². The number of nitrogens with two attached hydrogens (primary N) is 5. The smallest absolute Gasteiger partial charge is 0.326 e. The molecule has 3 aromatic heterocycles. The summed E-state index contributed by atoms with van der Waals surface area (Å²) in [7, 11) is 0. The molecule has 724 valence electrons. The number of pyridine rings is 2. The van der Waals surface area contributed by atoms with E-state index in [0.717, 1.165) is 128 Å². The van der Waals surface area contributed by atoms with Crippen LogP contribution in [-0.2, 0) is 33.5 Å². The maximum Gasteiger partial charge on any atom is 0.326 e. The third kappa shape index (κ3) is 25.3. The Balaban J connectivity index is 0.000000144. The molecule has 22 nitrogen and oxygen atoms in total. The zero-order valence-corrected chi connectivity index (χ0v) is 82.5. The molecule has 0 bridgehead atoms. The van der Waals surface area contributed by atoms with Gasteiger partial charge >= 0.3 is 12.1 Å². The van der Waals surface area contributed by atoms with Crippen LogP contribution in [0.2, 0.25) is 0 Å². The minimum Gasteiger partial charge on any atom is -0.505 e. The number of aromatic nitrogens is 2. The molecule has 8 amide bonds. The summed E-state index contributed by atoms with van der Waals surface area (Å²) in [6.07, 6.45) is 5.76. The number of nitrogens with one attached hydrogen (secondary N) is 6. The number of carbonyl (C=O) groups is 6. The van der Waals surface area contributed by atoms with Crippen molar-refractivity contribution in [1.82, 2.24) is 41.9 Å². The lowest BCUT2D eigenvalue weighted by atomic mass is 9.80. The highest BCUT2D eigenvalue weighted by atomic mass is 32.1. The largest absolute Gasteiger partial charge is 0.505 e. The first kappa shape index (κ1) is 102. The van der Waals surface area contributed by atoms with Gasteiger partial charge in [-0.3, -0.25) is 29.0 Å². The molecule has 0 aliphatic carbocycles. The average Bonchev–Trinajstić information content (AvgIpc) is 1.56. The van der Waals surface area contributed by atoms with E-state index in [1.165, 1.54) is 31.7 Å². The molecular formula is C119H125N15O7S. The summed E-state index contributed by atoms with van der Waals surface area (Å²) in [6.45, 7) is 26.9. The maximum atomic E-state index is 13.7. The molecule has 2 fully saturated rings. The van der Waals surface area contributed by atoms with E-state index in [0.29, 0.717) is 70.0 Å². The Bertz CT molecular complexity index is 7170. The molecule has 13 aromatic carbocycles. The van der Waals surface area contributed by atoms with Crippen molar-refractivity contribution >= 4 is 118 Å². The van der Waals surface area contributed by atoms with Gasteiger partial charge in [0, 0.05) is 90.7 Å². The quantitative estimate of drug-likeness (QED) is 0.0136. The number of fused-ring (bicyclic) bond motifs is 4. The molecule has 16 aromatic rings. The molecule has 0 radical (unpaired) electrons. The number of hydrogen-bond donors (Lipinski definition) is 12. The summed E-state index contributed by atoms with van der Waals surface area (Å²) in [5, 5.41) is 32.7. The van der Waals surface area contributed by atoms with Crippen LogP contribution in [0.4, 0.5) is 38.0 Å². The Kier molecular flexibility index (Phi) is 33.7. The van der Waals surface area contributed by atoms with Gasteiger partial charge in [0.2, 0.25) is 11.8 Å². The van der Waals surface area contributed by atoms with E-state index in [2.05, 4.69) is 185 Å². The first-order valence-electron chi connectivity index (χ1n) is 48.0. The van der Waals surface area contributed by atoms with Gasteiger partial charge in [-0.25, -0.2) is 19.6 Å². The maximum absolute atomic E-state index is 13.7. The van der Waals surface area contributed by atoms with Gasteiger partial charge in [-0.1, -0.05) is 309 Å². The molecule has 2 aliphatic rings. The molecule has 4 atom stereocenters. The summed E-state index contributed by atoms with van der Waals surface area (Å²) in [4.78, 5) is 92.0. The van der Waals surface area contributed by atoms with E-state index in [1.54, 1.807) is 45.4 Å². The number of rotatable bonds is 26. The highest BCUT2D eigenvalue weighted by Crippen LogP contribution is 2.44. The van der Waals surface area contributed by atoms with Crippen LogP contribution < -0.4 is 70.4 Å². The van der Waals surface area contributed by atoms with Gasteiger partial charge in [-0.2, -0.15) is 0 Å². The van der Waals surface area contributed by atoms with Gasteiger partial charge in [0.25, 0.3) is 11.8 Å². The number of aromatic hydroxyl groups is 1. The van der Waals surface area contributed by atoms with E-state index in [-0.39, 0.29) is 83.4 Å². The van der Waals surface area contributed by atoms with Crippen molar-refractivity contribution in [2.24, 2.45) is 11.5 Å². The van der Waals surface area contributed by atoms with E-state index in [4.69, 9.17) is 38.6 Å². The van der Waals surface area contributed by atoms with Gasteiger partial charge in [0.15, 0.2) is 0 Å². The minimum atomic E-state index is -0.897. The Hall–Kier alpha value is -16.1. The lowest BCUT2D eigenvalue weighted by Gasteiger charge is -2.26. The fourth-order valence-electron chi connectivity index (χ4n) is 17.3. The second-order valence-electron chi connectivity index (χ2n) is 37.5. The van der Waals surface area contributed by atoms with Crippen LogP contribution >= 0.6 is 11.3 Å². The molecule has 2 aliphatic heterocycles. The first-order valence-corrected chi connectivity index (χ1v) is 48.8. The summed E-state index contributed by atoms with van der Waals surface area (Å²) in [5.41, 5.74) is 48.9. The number of urea groups is 2. The fourth-order valence-corrected chi connectivity index (χ4v) is 18.4. The van der Waals surface area contributed by atoms with Crippen molar-refractivity contribution in [3.8, 4) is 49.8 Å². The normalized spacial score (nSPS) is 13.8. The number of unbranched alkanes of at least 4 members (excludes halogenated alkanes) is 2. The van der Waals surface area contributed by atoms with Crippen LogP contribution in [0, 0.1) is 6.92 Å². The van der Waals surface area contributed by atoms with E-state index >= 15 is 0 Å². The predicted molar refractivity (Wildman–Crippen MR) is 583 cm³/mol. The number of amides is 8. The van der Waals surface area contributed by atoms with Crippen LogP contribution in [0.25, 0.3) is 86.7 Å². The van der Waals surface area contributed by atoms with Crippen molar-refractivity contribution in [3.05, 3.63) is 397 Å². The van der Waals surface area contributed by atoms with Crippen LogP contribution in [0.15, 0.2) is 352 Å². The third-order valence-electron chi connectivity index (χ3n) is 25.1. The SMILES string of the molecule is C=C1[C@H](CCCCN)NC(=O)N1c1ccc(-c2cc3ccccc3s2)c2ccccc12.C=C1[C@H](CCCCN)NC(=O)N1c1ccc(-c2ccccc2C)cc1.CC(C)(C)c1cc(N)c(O)c(C(C)(C)C)c1.CC(CC(=O)NCc1ccccc1N)NC(=O)c1cc(-c2ccccc2)nc2ccccc12.Nc1ccccc1CNC(=O)C(NC(=O)c1cc(-c2ccccc2)nc2ccccc12)c1ccccc1. The van der Waals surface area contributed by atoms with Crippen molar-refractivity contribution in [3.63, 3.8) is 0 Å².